The molecule has 0 saturated carbocycles. The monoisotopic (exact) mass is 437 g/mol. The SMILES string of the molecule is CC(=O)N(c1ccc2c(c1)COCO2)c1cc(NC(=O)Cc2ccccc2Cl)ccn1. The molecule has 1 aliphatic rings. The van der Waals surface area contributed by atoms with Crippen LogP contribution in [-0.2, 0) is 27.4 Å². The predicted molar refractivity (Wildman–Crippen MR) is 118 cm³/mol. The fourth-order valence-corrected chi connectivity index (χ4v) is 3.53. The molecule has 0 unspecified atom stereocenters. The number of carbonyl (C=O) groups is 2. The minimum Gasteiger partial charge on any atom is -0.467 e. The first kappa shape index (κ1) is 20.8. The van der Waals surface area contributed by atoms with E-state index >= 15 is 0 Å². The molecule has 158 valence electrons. The molecular formula is C23H20ClN3O4. The first-order valence-corrected chi connectivity index (χ1v) is 10.0. The minimum atomic E-state index is -0.220. The second kappa shape index (κ2) is 9.16. The molecule has 0 spiro atoms. The van der Waals surface area contributed by atoms with Crippen molar-refractivity contribution in [1.29, 1.82) is 0 Å². The summed E-state index contributed by atoms with van der Waals surface area (Å²) in [7, 11) is 0. The van der Waals surface area contributed by atoms with E-state index in [9.17, 15) is 9.59 Å². The third-order valence-electron chi connectivity index (χ3n) is 4.74. The molecule has 1 aromatic heterocycles. The molecule has 1 N–H and O–H groups in total. The number of nitrogens with zero attached hydrogens (tertiary/aromatic N) is 2. The van der Waals surface area contributed by atoms with E-state index in [1.165, 1.54) is 11.8 Å². The number of hydrogen-bond acceptors (Lipinski definition) is 5. The van der Waals surface area contributed by atoms with Gasteiger partial charge < -0.3 is 14.8 Å². The number of benzene rings is 2. The Morgan fingerprint density at radius 2 is 2.00 bits per heavy atom. The minimum absolute atomic E-state index is 0.137. The summed E-state index contributed by atoms with van der Waals surface area (Å²) in [6, 6.07) is 15.9. The van der Waals surface area contributed by atoms with E-state index in [4.69, 9.17) is 21.1 Å². The largest absolute Gasteiger partial charge is 0.467 e. The lowest BCUT2D eigenvalue weighted by atomic mass is 10.1. The van der Waals surface area contributed by atoms with E-state index in [2.05, 4.69) is 10.3 Å². The lowest BCUT2D eigenvalue weighted by molar-refractivity contribution is -0.116. The van der Waals surface area contributed by atoms with Crippen molar-refractivity contribution in [2.75, 3.05) is 17.0 Å². The molecule has 0 radical (unpaired) electrons. The molecule has 0 atom stereocenters. The lowest BCUT2D eigenvalue weighted by Crippen LogP contribution is -2.24. The molecule has 2 aromatic carbocycles. The van der Waals surface area contributed by atoms with Gasteiger partial charge in [-0.05, 0) is 35.9 Å². The summed E-state index contributed by atoms with van der Waals surface area (Å²) in [6.07, 6.45) is 1.68. The quantitative estimate of drug-likeness (QED) is 0.637. The van der Waals surface area contributed by atoms with Gasteiger partial charge in [-0.3, -0.25) is 14.5 Å². The maximum atomic E-state index is 12.5. The van der Waals surface area contributed by atoms with Gasteiger partial charge in [-0.15, -0.1) is 0 Å². The summed E-state index contributed by atoms with van der Waals surface area (Å²) in [6.45, 7) is 2.07. The number of ether oxygens (including phenoxy) is 2. The zero-order chi connectivity index (χ0) is 21.8. The number of fused-ring (bicyclic) bond motifs is 1. The Bertz CT molecular complexity index is 1140. The van der Waals surface area contributed by atoms with Gasteiger partial charge in [0.25, 0.3) is 0 Å². The molecule has 0 bridgehead atoms. The van der Waals surface area contributed by atoms with Gasteiger partial charge >= 0.3 is 0 Å². The molecule has 7 nitrogen and oxygen atoms in total. The Morgan fingerprint density at radius 1 is 1.16 bits per heavy atom. The first-order chi connectivity index (χ1) is 15.0. The third-order valence-corrected chi connectivity index (χ3v) is 5.11. The highest BCUT2D eigenvalue weighted by molar-refractivity contribution is 6.31. The molecular weight excluding hydrogens is 418 g/mol. The molecule has 2 amide bonds. The molecule has 0 saturated heterocycles. The summed E-state index contributed by atoms with van der Waals surface area (Å²) < 4.78 is 10.8. The van der Waals surface area contributed by atoms with Crippen molar-refractivity contribution in [1.82, 2.24) is 4.98 Å². The second-order valence-electron chi connectivity index (χ2n) is 6.98. The van der Waals surface area contributed by atoms with Crippen molar-refractivity contribution in [2.45, 2.75) is 20.0 Å². The van der Waals surface area contributed by atoms with Crippen LogP contribution in [0.5, 0.6) is 5.75 Å². The van der Waals surface area contributed by atoms with Gasteiger partial charge in [-0.25, -0.2) is 4.98 Å². The molecule has 3 aromatic rings. The number of halogens is 1. The van der Waals surface area contributed by atoms with Crippen LogP contribution in [-0.4, -0.2) is 23.6 Å². The standard InChI is InChI=1S/C23H20ClN3O4/c1-15(28)27(19-6-7-21-17(10-19)13-30-14-31-21)22-12-18(8-9-25-22)26-23(29)11-16-4-2-3-5-20(16)24/h2-10,12H,11,13-14H2,1H3,(H,25,26,29). The second-order valence-corrected chi connectivity index (χ2v) is 7.38. The highest BCUT2D eigenvalue weighted by Gasteiger charge is 2.19. The van der Waals surface area contributed by atoms with Crippen LogP contribution in [0, 0.1) is 0 Å². The summed E-state index contributed by atoms with van der Waals surface area (Å²) in [5.41, 5.74) is 2.74. The van der Waals surface area contributed by atoms with Crippen molar-refractivity contribution in [3.8, 4) is 5.75 Å². The van der Waals surface area contributed by atoms with Crippen molar-refractivity contribution in [2.24, 2.45) is 0 Å². The highest BCUT2D eigenvalue weighted by atomic mass is 35.5. The zero-order valence-electron chi connectivity index (χ0n) is 16.8. The molecule has 0 aliphatic carbocycles. The topological polar surface area (TPSA) is 80.8 Å². The summed E-state index contributed by atoms with van der Waals surface area (Å²) in [5.74, 6) is 0.681. The average molecular weight is 438 g/mol. The van der Waals surface area contributed by atoms with Crippen LogP contribution in [0.1, 0.15) is 18.1 Å². The van der Waals surface area contributed by atoms with Crippen LogP contribution >= 0.6 is 11.6 Å². The maximum Gasteiger partial charge on any atom is 0.229 e. The fraction of sp³-hybridized carbons (Fsp3) is 0.174. The van der Waals surface area contributed by atoms with Crippen LogP contribution in [0.25, 0.3) is 0 Å². The lowest BCUT2D eigenvalue weighted by Gasteiger charge is -2.24. The van der Waals surface area contributed by atoms with Crippen molar-refractivity contribution >= 4 is 40.6 Å². The van der Waals surface area contributed by atoms with Crippen LogP contribution in [0.3, 0.4) is 0 Å². The van der Waals surface area contributed by atoms with E-state index in [1.54, 1.807) is 42.6 Å². The van der Waals surface area contributed by atoms with Gasteiger partial charge in [0.15, 0.2) is 6.79 Å². The Morgan fingerprint density at radius 3 is 2.81 bits per heavy atom. The van der Waals surface area contributed by atoms with Crippen LogP contribution in [0.15, 0.2) is 60.8 Å². The predicted octanol–water partition coefficient (Wildman–Crippen LogP) is 4.47. The summed E-state index contributed by atoms with van der Waals surface area (Å²) >= 11 is 6.14. The Balaban J connectivity index is 1.56. The number of amides is 2. The normalized spacial score (nSPS) is 12.5. The van der Waals surface area contributed by atoms with E-state index in [0.29, 0.717) is 28.8 Å². The first-order valence-electron chi connectivity index (χ1n) is 9.65. The van der Waals surface area contributed by atoms with Crippen molar-refractivity contribution < 1.29 is 19.1 Å². The number of rotatable bonds is 5. The number of pyridine rings is 1. The van der Waals surface area contributed by atoms with Crippen LogP contribution < -0.4 is 15.0 Å². The summed E-state index contributed by atoms with van der Waals surface area (Å²) in [4.78, 5) is 30.7. The van der Waals surface area contributed by atoms with Crippen molar-refractivity contribution in [3.63, 3.8) is 0 Å². The van der Waals surface area contributed by atoms with Crippen molar-refractivity contribution in [3.05, 3.63) is 76.9 Å². The average Bonchev–Trinajstić information content (AvgIpc) is 2.75. The van der Waals surface area contributed by atoms with Gasteiger partial charge in [-0.1, -0.05) is 29.8 Å². The van der Waals surface area contributed by atoms with Gasteiger partial charge in [0.1, 0.15) is 11.6 Å². The Labute approximate surface area is 184 Å². The fourth-order valence-electron chi connectivity index (χ4n) is 3.33. The number of aromatic nitrogens is 1. The zero-order valence-corrected chi connectivity index (χ0v) is 17.6. The van der Waals surface area contributed by atoms with E-state index in [1.807, 2.05) is 18.2 Å². The molecule has 31 heavy (non-hydrogen) atoms. The Hall–Kier alpha value is -3.42. The smallest absolute Gasteiger partial charge is 0.229 e. The van der Waals surface area contributed by atoms with Gasteiger partial charge in [0, 0.05) is 35.5 Å². The molecule has 1 aliphatic heterocycles. The highest BCUT2D eigenvalue weighted by Crippen LogP contribution is 2.32. The molecule has 8 heteroatoms. The molecule has 2 heterocycles. The number of hydrogen-bond donors (Lipinski definition) is 1. The van der Waals surface area contributed by atoms with Gasteiger partial charge in [-0.2, -0.15) is 0 Å². The molecule has 4 rings (SSSR count). The Kier molecular flexibility index (Phi) is 6.16. The summed E-state index contributed by atoms with van der Waals surface area (Å²) in [5, 5.41) is 3.38. The van der Waals surface area contributed by atoms with E-state index in [-0.39, 0.29) is 25.0 Å². The van der Waals surface area contributed by atoms with Crippen LogP contribution in [0.4, 0.5) is 17.2 Å². The van der Waals surface area contributed by atoms with E-state index < -0.39 is 0 Å². The number of anilines is 3. The number of carbonyl (C=O) groups excluding carboxylic acids is 2. The van der Waals surface area contributed by atoms with Gasteiger partial charge in [0.05, 0.1) is 18.7 Å². The number of nitrogens with one attached hydrogen (secondary N) is 1. The van der Waals surface area contributed by atoms with E-state index in [0.717, 1.165) is 16.9 Å². The molecule has 0 fully saturated rings. The third kappa shape index (κ3) is 4.84. The maximum absolute atomic E-state index is 12.5. The van der Waals surface area contributed by atoms with Gasteiger partial charge in [0.2, 0.25) is 11.8 Å². The van der Waals surface area contributed by atoms with Crippen LogP contribution in [0.2, 0.25) is 5.02 Å².